The highest BCUT2D eigenvalue weighted by molar-refractivity contribution is 5.97. The van der Waals surface area contributed by atoms with Gasteiger partial charge in [0.05, 0.1) is 37.2 Å². The molecule has 0 spiro atoms. The molecule has 0 radical (unpaired) electrons. The highest BCUT2D eigenvalue weighted by Crippen LogP contribution is 2.25. The summed E-state index contributed by atoms with van der Waals surface area (Å²) in [6.45, 7) is 4.07. The van der Waals surface area contributed by atoms with E-state index in [1.54, 1.807) is 22.3 Å². The Bertz CT molecular complexity index is 863. The Kier molecular flexibility index (Phi) is 3.87. The van der Waals surface area contributed by atoms with Gasteiger partial charge < -0.3 is 9.84 Å². The molecular weight excluding hydrogens is 296 g/mol. The van der Waals surface area contributed by atoms with Crippen LogP contribution in [0.4, 0.5) is 0 Å². The number of hydrogen-bond donors (Lipinski definition) is 1. The minimum absolute atomic E-state index is 0.418. The number of aromatic nitrogens is 4. The lowest BCUT2D eigenvalue weighted by Gasteiger charge is -2.03. The predicted octanol–water partition coefficient (Wildman–Crippen LogP) is 1.67. The maximum Gasteiger partial charge on any atom is 0.341 e. The average molecular weight is 314 g/mol. The molecule has 3 aromatic heterocycles. The van der Waals surface area contributed by atoms with E-state index < -0.39 is 12.1 Å². The monoisotopic (exact) mass is 314 g/mol. The zero-order valence-corrected chi connectivity index (χ0v) is 13.2. The van der Waals surface area contributed by atoms with Gasteiger partial charge in [0, 0.05) is 18.0 Å². The summed E-state index contributed by atoms with van der Waals surface area (Å²) in [6, 6.07) is 3.80. The lowest BCUT2D eigenvalue weighted by molar-refractivity contribution is 0.0603. The van der Waals surface area contributed by atoms with Crippen LogP contribution in [0, 0.1) is 6.92 Å². The van der Waals surface area contributed by atoms with Gasteiger partial charge in [0.2, 0.25) is 0 Å². The number of hydrogen-bond acceptors (Lipinski definition) is 5. The standard InChI is InChI=1S/C16H18N4O3/c1-10(21)8-19-9-14(11(2)18-19)12-4-5-20-15(6-12)13(7-17-20)16(22)23-3/h4-7,9-10,21H,8H2,1-3H3/t10-/m0/s1. The smallest absolute Gasteiger partial charge is 0.341 e. The van der Waals surface area contributed by atoms with E-state index in [-0.39, 0.29) is 0 Å². The van der Waals surface area contributed by atoms with Crippen molar-refractivity contribution in [2.75, 3.05) is 7.11 Å². The number of rotatable bonds is 4. The number of fused-ring (bicyclic) bond motifs is 1. The third kappa shape index (κ3) is 2.83. The van der Waals surface area contributed by atoms with Crippen molar-refractivity contribution in [2.45, 2.75) is 26.5 Å². The molecule has 7 nitrogen and oxygen atoms in total. The summed E-state index contributed by atoms with van der Waals surface area (Å²) in [7, 11) is 1.35. The van der Waals surface area contributed by atoms with Gasteiger partial charge in [0.15, 0.2) is 0 Å². The third-order valence-corrected chi connectivity index (χ3v) is 3.64. The quantitative estimate of drug-likeness (QED) is 0.741. The van der Waals surface area contributed by atoms with E-state index in [9.17, 15) is 9.90 Å². The summed E-state index contributed by atoms with van der Waals surface area (Å²) in [5.74, 6) is -0.418. The molecule has 7 heteroatoms. The summed E-state index contributed by atoms with van der Waals surface area (Å²) in [5.41, 5.74) is 3.83. The number of ether oxygens (including phenoxy) is 1. The fourth-order valence-corrected chi connectivity index (χ4v) is 2.58. The van der Waals surface area contributed by atoms with E-state index in [0.29, 0.717) is 17.6 Å². The van der Waals surface area contributed by atoms with Crippen LogP contribution in [-0.2, 0) is 11.3 Å². The molecule has 0 saturated carbocycles. The normalized spacial score (nSPS) is 12.5. The molecule has 1 N–H and O–H groups in total. The van der Waals surface area contributed by atoms with Crippen molar-refractivity contribution in [1.29, 1.82) is 0 Å². The van der Waals surface area contributed by atoms with Crippen LogP contribution in [0.15, 0.2) is 30.7 Å². The lowest BCUT2D eigenvalue weighted by Crippen LogP contribution is -2.11. The molecule has 0 aliphatic rings. The number of aliphatic hydroxyl groups is 1. The van der Waals surface area contributed by atoms with Crippen LogP contribution in [0.1, 0.15) is 23.0 Å². The average Bonchev–Trinajstić information content (AvgIpc) is 3.08. The Morgan fingerprint density at radius 3 is 2.96 bits per heavy atom. The van der Waals surface area contributed by atoms with Gasteiger partial charge in [0.1, 0.15) is 5.56 Å². The van der Waals surface area contributed by atoms with Crippen LogP contribution in [0.2, 0.25) is 0 Å². The topological polar surface area (TPSA) is 81.6 Å². The van der Waals surface area contributed by atoms with E-state index in [1.165, 1.54) is 13.3 Å². The maximum atomic E-state index is 11.8. The first-order valence-corrected chi connectivity index (χ1v) is 7.28. The van der Waals surface area contributed by atoms with E-state index >= 15 is 0 Å². The molecule has 0 aliphatic carbocycles. The minimum atomic E-state index is -0.467. The number of carbonyl (C=O) groups excluding carboxylic acids is 1. The number of nitrogens with zero attached hydrogens (tertiary/aromatic N) is 4. The molecule has 0 bridgehead atoms. The van der Waals surface area contributed by atoms with Crippen LogP contribution in [-0.4, -0.2) is 43.7 Å². The van der Waals surface area contributed by atoms with Gasteiger partial charge in [-0.3, -0.25) is 4.68 Å². The second-order valence-electron chi connectivity index (χ2n) is 5.49. The minimum Gasteiger partial charge on any atom is -0.465 e. The molecule has 3 rings (SSSR count). The van der Waals surface area contributed by atoms with Crippen LogP contribution >= 0.6 is 0 Å². The molecule has 0 aliphatic heterocycles. The van der Waals surface area contributed by atoms with Gasteiger partial charge >= 0.3 is 5.97 Å². The number of carbonyl (C=O) groups is 1. The molecule has 3 aromatic rings. The summed E-state index contributed by atoms with van der Waals surface area (Å²) < 4.78 is 8.13. The molecule has 3 heterocycles. The van der Waals surface area contributed by atoms with Crippen LogP contribution in [0.3, 0.4) is 0 Å². The van der Waals surface area contributed by atoms with Crippen molar-refractivity contribution < 1.29 is 14.6 Å². The van der Waals surface area contributed by atoms with Crippen molar-refractivity contribution in [3.63, 3.8) is 0 Å². The molecule has 0 amide bonds. The fourth-order valence-electron chi connectivity index (χ4n) is 2.58. The van der Waals surface area contributed by atoms with E-state index in [2.05, 4.69) is 10.2 Å². The van der Waals surface area contributed by atoms with Gasteiger partial charge in [-0.05, 0) is 31.5 Å². The molecule has 120 valence electrons. The summed E-state index contributed by atoms with van der Waals surface area (Å²) in [5, 5.41) is 18.1. The van der Waals surface area contributed by atoms with Gasteiger partial charge in [-0.2, -0.15) is 10.2 Å². The van der Waals surface area contributed by atoms with Crippen LogP contribution < -0.4 is 0 Å². The second-order valence-corrected chi connectivity index (χ2v) is 5.49. The molecule has 0 unspecified atom stereocenters. The van der Waals surface area contributed by atoms with Crippen molar-refractivity contribution >= 4 is 11.5 Å². The Morgan fingerprint density at radius 2 is 2.26 bits per heavy atom. The molecule has 23 heavy (non-hydrogen) atoms. The van der Waals surface area contributed by atoms with Crippen molar-refractivity contribution in [3.8, 4) is 11.1 Å². The number of aryl methyl sites for hydroxylation is 1. The molecule has 0 aromatic carbocycles. The Balaban J connectivity index is 2.06. The first-order chi connectivity index (χ1) is 11.0. The van der Waals surface area contributed by atoms with E-state index in [0.717, 1.165) is 16.8 Å². The highest BCUT2D eigenvalue weighted by Gasteiger charge is 2.15. The predicted molar refractivity (Wildman–Crippen MR) is 84.2 cm³/mol. The lowest BCUT2D eigenvalue weighted by atomic mass is 10.1. The van der Waals surface area contributed by atoms with Crippen LogP contribution in [0.25, 0.3) is 16.6 Å². The van der Waals surface area contributed by atoms with Gasteiger partial charge in [-0.1, -0.05) is 0 Å². The summed E-state index contributed by atoms with van der Waals surface area (Å²) in [4.78, 5) is 11.8. The van der Waals surface area contributed by atoms with Crippen molar-refractivity contribution in [1.82, 2.24) is 19.4 Å². The Hall–Kier alpha value is -2.67. The SMILES string of the molecule is COC(=O)c1cnn2ccc(-c3cn(C[C@H](C)O)nc3C)cc12. The van der Waals surface area contributed by atoms with Gasteiger partial charge in [-0.15, -0.1) is 0 Å². The van der Waals surface area contributed by atoms with E-state index in [1.807, 2.05) is 25.3 Å². The van der Waals surface area contributed by atoms with Crippen LogP contribution in [0.5, 0.6) is 0 Å². The number of esters is 1. The zero-order chi connectivity index (χ0) is 16.6. The fraction of sp³-hybridized carbons (Fsp3) is 0.312. The number of pyridine rings is 1. The number of aliphatic hydroxyl groups excluding tert-OH is 1. The molecule has 1 atom stereocenters. The second kappa shape index (κ2) is 5.85. The first kappa shape index (κ1) is 15.2. The molecule has 0 saturated heterocycles. The Labute approximate surface area is 133 Å². The summed E-state index contributed by atoms with van der Waals surface area (Å²) in [6.07, 6.45) is 4.71. The Morgan fingerprint density at radius 1 is 1.48 bits per heavy atom. The largest absolute Gasteiger partial charge is 0.465 e. The van der Waals surface area contributed by atoms with E-state index in [4.69, 9.17) is 4.74 Å². The third-order valence-electron chi connectivity index (χ3n) is 3.64. The zero-order valence-electron chi connectivity index (χ0n) is 13.2. The van der Waals surface area contributed by atoms with Gasteiger partial charge in [0.25, 0.3) is 0 Å². The maximum absolute atomic E-state index is 11.8. The highest BCUT2D eigenvalue weighted by atomic mass is 16.5. The van der Waals surface area contributed by atoms with Crippen molar-refractivity contribution in [2.24, 2.45) is 0 Å². The summed E-state index contributed by atoms with van der Waals surface area (Å²) >= 11 is 0. The molecule has 0 fully saturated rings. The number of methoxy groups -OCH3 is 1. The van der Waals surface area contributed by atoms with Crippen molar-refractivity contribution in [3.05, 3.63) is 42.0 Å². The molecular formula is C16H18N4O3. The van der Waals surface area contributed by atoms with Gasteiger partial charge in [-0.25, -0.2) is 9.31 Å². The first-order valence-electron chi connectivity index (χ1n) is 7.28.